The van der Waals surface area contributed by atoms with Crippen molar-refractivity contribution in [1.29, 1.82) is 0 Å². The molecule has 0 aliphatic carbocycles. The van der Waals surface area contributed by atoms with Gasteiger partial charge in [-0.1, -0.05) is 35.7 Å². The molecule has 0 aromatic heterocycles. The SMILES string of the molecule is C#CC=NCc1cccc(C)c1. The molecule has 0 spiro atoms. The maximum atomic E-state index is 5.02. The third kappa shape index (κ3) is 2.59. The topological polar surface area (TPSA) is 12.4 Å². The number of hydrogen-bond donors (Lipinski definition) is 0. The average molecular weight is 157 g/mol. The van der Waals surface area contributed by atoms with Crippen LogP contribution in [0.4, 0.5) is 0 Å². The highest BCUT2D eigenvalue weighted by molar-refractivity contribution is 5.77. The van der Waals surface area contributed by atoms with E-state index in [2.05, 4.69) is 30.0 Å². The van der Waals surface area contributed by atoms with Crippen LogP contribution in [0.3, 0.4) is 0 Å². The zero-order valence-corrected chi connectivity index (χ0v) is 7.12. The first-order valence-corrected chi connectivity index (χ1v) is 3.83. The number of terminal acetylenes is 1. The molecule has 1 nitrogen and oxygen atoms in total. The van der Waals surface area contributed by atoms with Crippen LogP contribution in [0.5, 0.6) is 0 Å². The van der Waals surface area contributed by atoms with Crippen LogP contribution >= 0.6 is 0 Å². The monoisotopic (exact) mass is 157 g/mol. The second-order valence-corrected chi connectivity index (χ2v) is 2.63. The molecule has 1 aromatic carbocycles. The molecule has 0 N–H and O–H groups in total. The summed E-state index contributed by atoms with van der Waals surface area (Å²) in [5.41, 5.74) is 2.45. The van der Waals surface area contributed by atoms with E-state index >= 15 is 0 Å². The van der Waals surface area contributed by atoms with E-state index in [0.29, 0.717) is 6.54 Å². The van der Waals surface area contributed by atoms with Crippen LogP contribution in [0.15, 0.2) is 29.3 Å². The van der Waals surface area contributed by atoms with E-state index in [1.54, 1.807) is 0 Å². The van der Waals surface area contributed by atoms with Crippen LogP contribution < -0.4 is 0 Å². The highest BCUT2D eigenvalue weighted by Gasteiger charge is 1.88. The Morgan fingerprint density at radius 2 is 2.42 bits per heavy atom. The minimum Gasteiger partial charge on any atom is -0.279 e. The fourth-order valence-electron chi connectivity index (χ4n) is 1.01. The molecule has 0 heterocycles. The van der Waals surface area contributed by atoms with Crippen LogP contribution in [0.1, 0.15) is 11.1 Å². The predicted octanol–water partition coefficient (Wildman–Crippen LogP) is 2.20. The molecule has 0 unspecified atom stereocenters. The molecule has 1 aromatic rings. The summed E-state index contributed by atoms with van der Waals surface area (Å²) in [6.45, 7) is 2.74. The number of nitrogens with zero attached hydrogens (tertiary/aromatic N) is 1. The summed E-state index contributed by atoms with van der Waals surface area (Å²) < 4.78 is 0. The van der Waals surface area contributed by atoms with Crippen molar-refractivity contribution < 1.29 is 0 Å². The zero-order valence-electron chi connectivity index (χ0n) is 7.12. The summed E-state index contributed by atoms with van der Waals surface area (Å²) in [4.78, 5) is 4.04. The van der Waals surface area contributed by atoms with Crippen LogP contribution in [0.2, 0.25) is 0 Å². The molecule has 0 atom stereocenters. The summed E-state index contributed by atoms with van der Waals surface area (Å²) >= 11 is 0. The van der Waals surface area contributed by atoms with Gasteiger partial charge in [0.2, 0.25) is 0 Å². The Morgan fingerprint density at radius 3 is 3.08 bits per heavy atom. The lowest BCUT2D eigenvalue weighted by Gasteiger charge is -1.96. The summed E-state index contributed by atoms with van der Waals surface area (Å²) in [6, 6.07) is 8.24. The first-order valence-electron chi connectivity index (χ1n) is 3.83. The predicted molar refractivity (Wildman–Crippen MR) is 52.2 cm³/mol. The molecule has 0 aliphatic rings. The van der Waals surface area contributed by atoms with E-state index in [-0.39, 0.29) is 0 Å². The van der Waals surface area contributed by atoms with Gasteiger partial charge in [0, 0.05) is 0 Å². The molecule has 0 radical (unpaired) electrons. The molecule has 0 saturated carbocycles. The highest BCUT2D eigenvalue weighted by atomic mass is 14.7. The number of rotatable bonds is 2. The first-order chi connectivity index (χ1) is 5.83. The van der Waals surface area contributed by atoms with Gasteiger partial charge in [-0.15, -0.1) is 6.42 Å². The van der Waals surface area contributed by atoms with E-state index in [1.807, 2.05) is 12.1 Å². The Morgan fingerprint density at radius 1 is 1.58 bits per heavy atom. The van der Waals surface area contributed by atoms with E-state index in [1.165, 1.54) is 17.3 Å². The lowest BCUT2D eigenvalue weighted by Crippen LogP contribution is -1.82. The maximum absolute atomic E-state index is 5.02. The highest BCUT2D eigenvalue weighted by Crippen LogP contribution is 2.04. The molecule has 1 heteroatoms. The summed E-state index contributed by atoms with van der Waals surface area (Å²) in [5.74, 6) is 2.36. The second-order valence-electron chi connectivity index (χ2n) is 2.63. The van der Waals surface area contributed by atoms with Crippen molar-refractivity contribution in [3.05, 3.63) is 35.4 Å². The molecule has 12 heavy (non-hydrogen) atoms. The lowest BCUT2D eigenvalue weighted by atomic mass is 10.1. The smallest absolute Gasteiger partial charge is 0.0712 e. The molecule has 0 fully saturated rings. The Labute approximate surface area is 73.2 Å². The molecule has 60 valence electrons. The minimum atomic E-state index is 0.672. The zero-order chi connectivity index (χ0) is 8.81. The first kappa shape index (κ1) is 8.55. The Kier molecular flexibility index (Phi) is 3.10. The number of hydrogen-bond acceptors (Lipinski definition) is 1. The van der Waals surface area contributed by atoms with Crippen molar-refractivity contribution >= 4 is 6.21 Å². The largest absolute Gasteiger partial charge is 0.279 e. The summed E-state index contributed by atoms with van der Waals surface area (Å²) in [7, 11) is 0. The number of benzene rings is 1. The maximum Gasteiger partial charge on any atom is 0.0712 e. The minimum absolute atomic E-state index is 0.672. The van der Waals surface area contributed by atoms with Gasteiger partial charge in [-0.3, -0.25) is 4.99 Å². The molecule has 0 amide bonds. The van der Waals surface area contributed by atoms with E-state index in [9.17, 15) is 0 Å². The second kappa shape index (κ2) is 4.35. The van der Waals surface area contributed by atoms with Gasteiger partial charge in [-0.2, -0.15) is 0 Å². The number of aryl methyl sites for hydroxylation is 1. The van der Waals surface area contributed by atoms with E-state index in [0.717, 1.165) is 0 Å². The van der Waals surface area contributed by atoms with Gasteiger partial charge in [0.25, 0.3) is 0 Å². The van der Waals surface area contributed by atoms with Gasteiger partial charge >= 0.3 is 0 Å². The summed E-state index contributed by atoms with van der Waals surface area (Å²) in [6.07, 6.45) is 6.51. The molecule has 1 rings (SSSR count). The molecule has 0 bridgehead atoms. The van der Waals surface area contributed by atoms with Crippen molar-refractivity contribution in [2.45, 2.75) is 13.5 Å². The Bertz CT molecular complexity index is 318. The molecule has 0 saturated heterocycles. The third-order valence-electron chi connectivity index (χ3n) is 1.52. The fourth-order valence-corrected chi connectivity index (χ4v) is 1.01. The number of aliphatic imine (C=N–C) groups is 1. The lowest BCUT2D eigenvalue weighted by molar-refractivity contribution is 1.07. The van der Waals surface area contributed by atoms with Gasteiger partial charge in [-0.05, 0) is 12.5 Å². The van der Waals surface area contributed by atoms with Crippen molar-refractivity contribution in [3.8, 4) is 12.3 Å². The van der Waals surface area contributed by atoms with Crippen LogP contribution in [-0.2, 0) is 6.54 Å². The van der Waals surface area contributed by atoms with Gasteiger partial charge in [-0.25, -0.2) is 0 Å². The van der Waals surface area contributed by atoms with E-state index in [4.69, 9.17) is 6.42 Å². The van der Waals surface area contributed by atoms with Crippen LogP contribution in [0.25, 0.3) is 0 Å². The summed E-state index contributed by atoms with van der Waals surface area (Å²) in [5, 5.41) is 0. The van der Waals surface area contributed by atoms with Gasteiger partial charge in [0.15, 0.2) is 0 Å². The quantitative estimate of drug-likeness (QED) is 0.461. The molecule has 0 aliphatic heterocycles. The van der Waals surface area contributed by atoms with Crippen LogP contribution in [-0.4, -0.2) is 6.21 Å². The average Bonchev–Trinajstić information content (AvgIpc) is 2.05. The Hall–Kier alpha value is -1.55. The van der Waals surface area contributed by atoms with E-state index < -0.39 is 0 Å². The van der Waals surface area contributed by atoms with Crippen molar-refractivity contribution in [1.82, 2.24) is 0 Å². The van der Waals surface area contributed by atoms with Gasteiger partial charge < -0.3 is 0 Å². The standard InChI is InChI=1S/C11H11N/c1-3-7-12-9-11-6-4-5-10(2)8-11/h1,4-8H,9H2,2H3. The third-order valence-corrected chi connectivity index (χ3v) is 1.52. The van der Waals surface area contributed by atoms with Crippen molar-refractivity contribution in [2.24, 2.45) is 4.99 Å². The van der Waals surface area contributed by atoms with Gasteiger partial charge in [0.1, 0.15) is 0 Å². The van der Waals surface area contributed by atoms with Crippen molar-refractivity contribution in [3.63, 3.8) is 0 Å². The van der Waals surface area contributed by atoms with Crippen molar-refractivity contribution in [2.75, 3.05) is 0 Å². The molecular weight excluding hydrogens is 146 g/mol. The van der Waals surface area contributed by atoms with Gasteiger partial charge in [0.05, 0.1) is 12.8 Å². The normalized spacial score (nSPS) is 10.0. The van der Waals surface area contributed by atoms with Crippen LogP contribution in [0, 0.1) is 19.3 Å². The fraction of sp³-hybridized carbons (Fsp3) is 0.182. The Balaban J connectivity index is 2.65. The molecular formula is C11H11N.